The topological polar surface area (TPSA) is 26.3 Å². The first kappa shape index (κ1) is 23.7. The van der Waals surface area contributed by atoms with Crippen LogP contribution in [0.4, 0.5) is 8.78 Å². The highest BCUT2D eigenvalue weighted by Crippen LogP contribution is 2.28. The Balaban J connectivity index is 1.72. The zero-order chi connectivity index (χ0) is 23.1. The minimum absolute atomic E-state index is 0.356. The molecule has 0 spiro atoms. The number of esters is 1. The highest BCUT2D eigenvalue weighted by Gasteiger charge is 2.09. The van der Waals surface area contributed by atoms with Crippen molar-refractivity contribution in [2.75, 3.05) is 12.9 Å². The zero-order valence-electron chi connectivity index (χ0n) is 18.5. The van der Waals surface area contributed by atoms with Crippen LogP contribution < -0.4 is 0 Å². The second-order valence-corrected chi connectivity index (χ2v) is 8.81. The Labute approximate surface area is 192 Å². The number of carbonyl (C=O) groups is 1. The molecule has 0 saturated carbocycles. The van der Waals surface area contributed by atoms with Crippen molar-refractivity contribution in [2.24, 2.45) is 0 Å². The molecule has 0 aliphatic heterocycles. The average Bonchev–Trinajstić information content (AvgIpc) is 2.77. The number of carbonyl (C=O) groups excluding carboxylic acids is 1. The highest BCUT2D eigenvalue weighted by molar-refractivity contribution is 7.99. The van der Waals surface area contributed by atoms with Crippen LogP contribution in [-0.2, 0) is 4.74 Å². The molecule has 0 N–H and O–H groups in total. The minimum atomic E-state index is -0.578. The van der Waals surface area contributed by atoms with Crippen LogP contribution in [0.1, 0.15) is 45.5 Å². The van der Waals surface area contributed by atoms with E-state index in [1.165, 1.54) is 30.4 Å². The summed E-state index contributed by atoms with van der Waals surface area (Å²) in [5, 5.41) is 0. The van der Waals surface area contributed by atoms with Crippen molar-refractivity contribution in [2.45, 2.75) is 31.6 Å². The van der Waals surface area contributed by atoms with E-state index in [-0.39, 0.29) is 5.97 Å². The van der Waals surface area contributed by atoms with Gasteiger partial charge >= 0.3 is 5.97 Å². The van der Waals surface area contributed by atoms with Crippen molar-refractivity contribution in [3.8, 4) is 0 Å². The molecule has 3 aromatic carbocycles. The summed E-state index contributed by atoms with van der Waals surface area (Å²) in [6, 6.07) is 17.1. The van der Waals surface area contributed by atoms with Crippen molar-refractivity contribution in [1.82, 2.24) is 0 Å². The molecule has 0 unspecified atom stereocenters. The highest BCUT2D eigenvalue weighted by atomic mass is 32.2. The van der Waals surface area contributed by atoms with Gasteiger partial charge in [0.2, 0.25) is 0 Å². The molecular formula is C27H26F2O2S. The summed E-state index contributed by atoms with van der Waals surface area (Å²) in [6.07, 6.45) is 3.53. The van der Waals surface area contributed by atoms with Crippen LogP contribution in [0.15, 0.2) is 65.6 Å². The SMILES string of the molecule is COC(=O)c1ccc(SCCCC(=Cc2ccc(C)c(C)c2)c2cc(F)cc(F)c2)cc1. The molecule has 0 bridgehead atoms. The average molecular weight is 453 g/mol. The first-order chi connectivity index (χ1) is 15.4. The molecule has 0 aromatic heterocycles. The Morgan fingerprint density at radius 1 is 0.906 bits per heavy atom. The lowest BCUT2D eigenvalue weighted by molar-refractivity contribution is 0.0600. The monoisotopic (exact) mass is 452 g/mol. The number of ether oxygens (including phenoxy) is 1. The molecule has 2 nitrogen and oxygen atoms in total. The Hall–Kier alpha value is -2.92. The van der Waals surface area contributed by atoms with Gasteiger partial charge in [0, 0.05) is 11.0 Å². The van der Waals surface area contributed by atoms with Crippen LogP contribution in [0.2, 0.25) is 0 Å². The lowest BCUT2D eigenvalue weighted by Crippen LogP contribution is -2.00. The van der Waals surface area contributed by atoms with Gasteiger partial charge in [0.25, 0.3) is 0 Å². The van der Waals surface area contributed by atoms with Gasteiger partial charge in [-0.25, -0.2) is 13.6 Å². The molecule has 32 heavy (non-hydrogen) atoms. The van der Waals surface area contributed by atoms with Crippen LogP contribution in [-0.4, -0.2) is 18.8 Å². The van der Waals surface area contributed by atoms with Crippen molar-refractivity contribution in [3.63, 3.8) is 0 Å². The third-order valence-corrected chi connectivity index (χ3v) is 6.34. The molecule has 0 heterocycles. The van der Waals surface area contributed by atoms with Gasteiger partial charge in [-0.2, -0.15) is 0 Å². The maximum Gasteiger partial charge on any atom is 0.337 e. The van der Waals surface area contributed by atoms with Gasteiger partial charge in [-0.1, -0.05) is 24.3 Å². The van der Waals surface area contributed by atoms with Crippen molar-refractivity contribution in [1.29, 1.82) is 0 Å². The van der Waals surface area contributed by atoms with Crippen molar-refractivity contribution in [3.05, 3.63) is 100 Å². The van der Waals surface area contributed by atoms with E-state index in [9.17, 15) is 13.6 Å². The third kappa shape index (κ3) is 6.54. The van der Waals surface area contributed by atoms with Gasteiger partial charge in [-0.05, 0) is 96.7 Å². The zero-order valence-corrected chi connectivity index (χ0v) is 19.3. The number of allylic oxidation sites excluding steroid dienone is 1. The van der Waals surface area contributed by atoms with E-state index < -0.39 is 11.6 Å². The Bertz CT molecular complexity index is 1100. The smallest absolute Gasteiger partial charge is 0.337 e. The van der Waals surface area contributed by atoms with Gasteiger partial charge in [0.15, 0.2) is 0 Å². The van der Waals surface area contributed by atoms with E-state index in [4.69, 9.17) is 4.74 Å². The van der Waals surface area contributed by atoms with Crippen molar-refractivity contribution >= 4 is 29.4 Å². The predicted molar refractivity (Wildman–Crippen MR) is 128 cm³/mol. The molecule has 0 atom stereocenters. The standard InChI is InChI=1S/C27H26F2O2S/c1-18-6-7-20(13-19(18)2)14-22(23-15-24(28)17-25(29)16-23)5-4-12-32-26-10-8-21(9-11-26)27(30)31-3/h6-11,13-17H,4-5,12H2,1-3H3. The largest absolute Gasteiger partial charge is 0.465 e. The van der Waals surface area contributed by atoms with Crippen LogP contribution in [0.25, 0.3) is 11.6 Å². The molecule has 0 aliphatic rings. The molecular weight excluding hydrogens is 426 g/mol. The van der Waals surface area contributed by atoms with Gasteiger partial charge < -0.3 is 4.74 Å². The summed E-state index contributed by atoms with van der Waals surface area (Å²) in [6.45, 7) is 4.11. The first-order valence-electron chi connectivity index (χ1n) is 10.4. The summed E-state index contributed by atoms with van der Waals surface area (Å²) in [5.41, 5.74) is 5.37. The Kier molecular flexibility index (Phi) is 8.23. The lowest BCUT2D eigenvalue weighted by Gasteiger charge is -2.11. The van der Waals surface area contributed by atoms with Crippen LogP contribution in [0, 0.1) is 25.5 Å². The fourth-order valence-electron chi connectivity index (χ4n) is 3.35. The first-order valence-corrected chi connectivity index (χ1v) is 11.4. The maximum absolute atomic E-state index is 13.9. The van der Waals surface area contributed by atoms with Gasteiger partial charge in [-0.15, -0.1) is 11.8 Å². The van der Waals surface area contributed by atoms with E-state index in [0.29, 0.717) is 17.5 Å². The van der Waals surface area contributed by atoms with Gasteiger partial charge in [-0.3, -0.25) is 0 Å². The number of hydrogen-bond acceptors (Lipinski definition) is 3. The third-order valence-electron chi connectivity index (χ3n) is 5.24. The van der Waals surface area contributed by atoms with Gasteiger partial charge in [0.05, 0.1) is 12.7 Å². The number of aryl methyl sites for hydroxylation is 2. The molecule has 5 heteroatoms. The summed E-state index contributed by atoms with van der Waals surface area (Å²) >= 11 is 1.68. The fourth-order valence-corrected chi connectivity index (χ4v) is 4.21. The summed E-state index contributed by atoms with van der Waals surface area (Å²) in [4.78, 5) is 12.6. The lowest BCUT2D eigenvalue weighted by atomic mass is 9.97. The Morgan fingerprint density at radius 3 is 2.22 bits per heavy atom. The number of rotatable bonds is 8. The summed E-state index contributed by atoms with van der Waals surface area (Å²) in [7, 11) is 1.36. The second kappa shape index (κ2) is 11.1. The molecule has 3 rings (SSSR count). The van der Waals surface area contributed by atoms with E-state index in [1.54, 1.807) is 23.9 Å². The molecule has 0 aliphatic carbocycles. The maximum atomic E-state index is 13.9. The molecule has 0 saturated heterocycles. The number of methoxy groups -OCH3 is 1. The summed E-state index contributed by atoms with van der Waals surface area (Å²) < 4.78 is 32.4. The molecule has 3 aromatic rings. The fraction of sp³-hybridized carbons (Fsp3) is 0.222. The van der Waals surface area contributed by atoms with Crippen LogP contribution in [0.5, 0.6) is 0 Å². The quantitative estimate of drug-likeness (QED) is 0.153. The number of thioether (sulfide) groups is 1. The van der Waals surface area contributed by atoms with Crippen molar-refractivity contribution < 1.29 is 18.3 Å². The van der Waals surface area contributed by atoms with E-state index in [1.807, 2.05) is 24.3 Å². The van der Waals surface area contributed by atoms with Gasteiger partial charge in [0.1, 0.15) is 11.6 Å². The number of hydrogen-bond donors (Lipinski definition) is 0. The van der Waals surface area contributed by atoms with E-state index >= 15 is 0 Å². The Morgan fingerprint density at radius 2 is 1.59 bits per heavy atom. The number of benzene rings is 3. The minimum Gasteiger partial charge on any atom is -0.465 e. The van der Waals surface area contributed by atoms with Crippen LogP contribution >= 0.6 is 11.8 Å². The van der Waals surface area contributed by atoms with Crippen LogP contribution in [0.3, 0.4) is 0 Å². The molecule has 0 fully saturated rings. The molecule has 0 radical (unpaired) electrons. The molecule has 0 amide bonds. The summed E-state index contributed by atoms with van der Waals surface area (Å²) in [5.74, 6) is -0.679. The predicted octanol–water partition coefficient (Wildman–Crippen LogP) is 7.48. The molecule has 166 valence electrons. The number of halogens is 2. The normalized spacial score (nSPS) is 11.5. The van der Waals surface area contributed by atoms with E-state index in [2.05, 4.69) is 26.0 Å². The van der Waals surface area contributed by atoms with E-state index in [0.717, 1.165) is 34.3 Å². The second-order valence-electron chi connectivity index (χ2n) is 7.64.